The predicted molar refractivity (Wildman–Crippen MR) is 107 cm³/mol. The van der Waals surface area contributed by atoms with Gasteiger partial charge in [0, 0.05) is 11.6 Å². The third kappa shape index (κ3) is 6.88. The van der Waals surface area contributed by atoms with Crippen LogP contribution in [0.3, 0.4) is 0 Å². The molecule has 0 aromatic heterocycles. The van der Waals surface area contributed by atoms with Gasteiger partial charge in [0.1, 0.15) is 11.4 Å². The number of carbonyl (C=O) groups is 2. The molecule has 0 bridgehead atoms. The summed E-state index contributed by atoms with van der Waals surface area (Å²) in [6, 6.07) is 14.5. The minimum absolute atomic E-state index is 0.0688. The van der Waals surface area contributed by atoms with Gasteiger partial charge in [-0.1, -0.05) is 30.3 Å². The number of nitrogens with one attached hydrogen (secondary N) is 2. The SMILES string of the molecule is CC(C)NC(=O)C(=Cc1ccc(OS(C)(=O)=O)cc1)NC(=O)c1ccccc1. The highest BCUT2D eigenvalue weighted by molar-refractivity contribution is 7.86. The topological polar surface area (TPSA) is 102 Å². The smallest absolute Gasteiger partial charge is 0.306 e. The molecule has 148 valence electrons. The van der Waals surface area contributed by atoms with Crippen LogP contribution in [0.2, 0.25) is 0 Å². The molecular weight excluding hydrogens is 380 g/mol. The Hall–Kier alpha value is -3.13. The van der Waals surface area contributed by atoms with E-state index in [9.17, 15) is 18.0 Å². The molecule has 0 aliphatic rings. The molecule has 2 aromatic rings. The number of amides is 2. The van der Waals surface area contributed by atoms with E-state index in [1.807, 2.05) is 13.8 Å². The second-order valence-corrected chi connectivity index (χ2v) is 7.94. The van der Waals surface area contributed by atoms with E-state index in [1.54, 1.807) is 42.5 Å². The first-order valence-electron chi connectivity index (χ1n) is 8.52. The van der Waals surface area contributed by atoms with E-state index in [-0.39, 0.29) is 17.5 Å². The van der Waals surface area contributed by atoms with Gasteiger partial charge >= 0.3 is 10.1 Å². The molecule has 2 rings (SSSR count). The molecule has 0 fully saturated rings. The Morgan fingerprint density at radius 1 is 1.00 bits per heavy atom. The summed E-state index contributed by atoms with van der Waals surface area (Å²) in [5.74, 6) is -0.695. The summed E-state index contributed by atoms with van der Waals surface area (Å²) in [5, 5.41) is 5.36. The zero-order valence-electron chi connectivity index (χ0n) is 15.8. The lowest BCUT2D eigenvalue weighted by molar-refractivity contribution is -0.118. The van der Waals surface area contributed by atoms with Crippen LogP contribution in [0, 0.1) is 0 Å². The highest BCUT2D eigenvalue weighted by Crippen LogP contribution is 2.16. The molecule has 2 amide bonds. The summed E-state index contributed by atoms with van der Waals surface area (Å²) in [6.07, 6.45) is 2.46. The average Bonchev–Trinajstić information content (AvgIpc) is 2.61. The molecule has 7 nitrogen and oxygen atoms in total. The van der Waals surface area contributed by atoms with Crippen LogP contribution in [0.5, 0.6) is 5.75 Å². The third-order valence-corrected chi connectivity index (χ3v) is 3.88. The Bertz CT molecular complexity index is 965. The van der Waals surface area contributed by atoms with Gasteiger partial charge in [-0.3, -0.25) is 9.59 Å². The van der Waals surface area contributed by atoms with Crippen molar-refractivity contribution >= 4 is 28.0 Å². The molecule has 0 atom stereocenters. The van der Waals surface area contributed by atoms with Crippen LogP contribution in [-0.4, -0.2) is 32.5 Å². The summed E-state index contributed by atoms with van der Waals surface area (Å²) in [6.45, 7) is 3.62. The Morgan fingerprint density at radius 3 is 2.14 bits per heavy atom. The third-order valence-electron chi connectivity index (χ3n) is 3.39. The fourth-order valence-electron chi connectivity index (χ4n) is 2.24. The van der Waals surface area contributed by atoms with Gasteiger partial charge < -0.3 is 14.8 Å². The van der Waals surface area contributed by atoms with Crippen molar-refractivity contribution < 1.29 is 22.2 Å². The van der Waals surface area contributed by atoms with Gasteiger partial charge in [0.05, 0.1) is 6.26 Å². The van der Waals surface area contributed by atoms with Crippen LogP contribution >= 0.6 is 0 Å². The first-order valence-corrected chi connectivity index (χ1v) is 10.3. The van der Waals surface area contributed by atoms with Gasteiger partial charge in [-0.25, -0.2) is 0 Å². The number of hydrogen-bond donors (Lipinski definition) is 2. The minimum Gasteiger partial charge on any atom is -0.383 e. The van der Waals surface area contributed by atoms with Crippen molar-refractivity contribution in [3.05, 3.63) is 71.4 Å². The summed E-state index contributed by atoms with van der Waals surface area (Å²) in [5.41, 5.74) is 1.07. The second kappa shape index (κ2) is 9.18. The quantitative estimate of drug-likeness (QED) is 0.547. The summed E-state index contributed by atoms with van der Waals surface area (Å²) in [7, 11) is -3.62. The van der Waals surface area contributed by atoms with Gasteiger partial charge in [-0.2, -0.15) is 8.42 Å². The van der Waals surface area contributed by atoms with Crippen molar-refractivity contribution in [1.82, 2.24) is 10.6 Å². The molecule has 0 aliphatic carbocycles. The lowest BCUT2D eigenvalue weighted by Crippen LogP contribution is -2.38. The molecule has 2 aromatic carbocycles. The van der Waals surface area contributed by atoms with Gasteiger partial charge in [-0.05, 0) is 49.8 Å². The highest BCUT2D eigenvalue weighted by Gasteiger charge is 2.15. The molecule has 0 heterocycles. The Balaban J connectivity index is 2.27. The zero-order chi connectivity index (χ0) is 20.7. The largest absolute Gasteiger partial charge is 0.383 e. The van der Waals surface area contributed by atoms with E-state index >= 15 is 0 Å². The minimum atomic E-state index is -3.62. The monoisotopic (exact) mass is 402 g/mol. The van der Waals surface area contributed by atoms with Gasteiger partial charge in [-0.15, -0.1) is 0 Å². The Morgan fingerprint density at radius 2 is 1.61 bits per heavy atom. The van der Waals surface area contributed by atoms with Crippen LogP contribution in [0.1, 0.15) is 29.8 Å². The van der Waals surface area contributed by atoms with Crippen LogP contribution < -0.4 is 14.8 Å². The van der Waals surface area contributed by atoms with Gasteiger partial charge in [0.25, 0.3) is 11.8 Å². The van der Waals surface area contributed by atoms with Crippen molar-refractivity contribution in [2.24, 2.45) is 0 Å². The molecule has 0 saturated carbocycles. The first-order chi connectivity index (χ1) is 13.1. The molecule has 8 heteroatoms. The predicted octanol–water partition coefficient (Wildman–Crippen LogP) is 2.32. The van der Waals surface area contributed by atoms with E-state index in [4.69, 9.17) is 4.18 Å². The Labute approximate surface area is 164 Å². The maximum atomic E-state index is 12.5. The molecule has 0 aliphatic heterocycles. The number of rotatable bonds is 7. The Kier molecular flexibility index (Phi) is 6.94. The molecular formula is C20H22N2O5S. The van der Waals surface area contributed by atoms with Crippen LogP contribution in [-0.2, 0) is 14.9 Å². The molecule has 0 unspecified atom stereocenters. The fourth-order valence-corrected chi connectivity index (χ4v) is 2.70. The van der Waals surface area contributed by atoms with Crippen molar-refractivity contribution in [3.63, 3.8) is 0 Å². The molecule has 2 N–H and O–H groups in total. The lowest BCUT2D eigenvalue weighted by atomic mass is 10.1. The van der Waals surface area contributed by atoms with Gasteiger partial charge in [0.15, 0.2) is 0 Å². The van der Waals surface area contributed by atoms with E-state index in [1.165, 1.54) is 18.2 Å². The van der Waals surface area contributed by atoms with Gasteiger partial charge in [0.2, 0.25) is 0 Å². The molecule has 28 heavy (non-hydrogen) atoms. The van der Waals surface area contributed by atoms with Crippen molar-refractivity contribution in [3.8, 4) is 5.75 Å². The van der Waals surface area contributed by atoms with E-state index < -0.39 is 21.9 Å². The highest BCUT2D eigenvalue weighted by atomic mass is 32.2. The number of benzene rings is 2. The summed E-state index contributed by atoms with van der Waals surface area (Å²) in [4.78, 5) is 24.9. The number of carbonyl (C=O) groups excluding carboxylic acids is 2. The standard InChI is InChI=1S/C20H22N2O5S/c1-14(2)21-20(24)18(22-19(23)16-7-5-4-6-8-16)13-15-9-11-17(12-10-15)27-28(3,25)26/h4-14H,1-3H3,(H,21,24)(H,22,23). The van der Waals surface area contributed by atoms with Crippen LogP contribution in [0.4, 0.5) is 0 Å². The van der Waals surface area contributed by atoms with Crippen LogP contribution in [0.15, 0.2) is 60.3 Å². The second-order valence-electron chi connectivity index (χ2n) is 6.36. The lowest BCUT2D eigenvalue weighted by Gasteiger charge is -2.13. The summed E-state index contributed by atoms with van der Waals surface area (Å²) >= 11 is 0. The normalized spacial score (nSPS) is 11.8. The van der Waals surface area contributed by atoms with E-state index in [2.05, 4.69) is 10.6 Å². The molecule has 0 spiro atoms. The zero-order valence-corrected chi connectivity index (χ0v) is 16.6. The summed E-state index contributed by atoms with van der Waals surface area (Å²) < 4.78 is 27.1. The van der Waals surface area contributed by atoms with Crippen molar-refractivity contribution in [1.29, 1.82) is 0 Å². The fraction of sp³-hybridized carbons (Fsp3) is 0.200. The molecule has 0 radical (unpaired) electrons. The van der Waals surface area contributed by atoms with E-state index in [0.29, 0.717) is 11.1 Å². The van der Waals surface area contributed by atoms with Crippen molar-refractivity contribution in [2.45, 2.75) is 19.9 Å². The van der Waals surface area contributed by atoms with Crippen molar-refractivity contribution in [2.75, 3.05) is 6.26 Å². The van der Waals surface area contributed by atoms with E-state index in [0.717, 1.165) is 6.26 Å². The average molecular weight is 402 g/mol. The molecule has 0 saturated heterocycles. The maximum absolute atomic E-state index is 12.5. The number of hydrogen-bond acceptors (Lipinski definition) is 5. The first kappa shape index (κ1) is 21.2. The maximum Gasteiger partial charge on any atom is 0.306 e. The van der Waals surface area contributed by atoms with Crippen LogP contribution in [0.25, 0.3) is 6.08 Å².